The maximum Gasteiger partial charge on any atom is 0.248 e. The first kappa shape index (κ1) is 14.4. The van der Waals surface area contributed by atoms with E-state index in [0.717, 1.165) is 22.6 Å². The van der Waals surface area contributed by atoms with E-state index in [2.05, 4.69) is 39.1 Å². The molecule has 4 rings (SSSR count). The van der Waals surface area contributed by atoms with Gasteiger partial charge in [0.15, 0.2) is 0 Å². The molecule has 1 N–H and O–H groups in total. The standard InChI is InChI=1S/C18H17N5O/c1-2-24-15-10-8-13(9-11-15)16-12-17(14-6-4-3-5-7-14)23-18(19-16)20-21-22-23/h3-12,17H,2H2,1H3,(H,19,20,22)/t17-/m0/s1. The van der Waals surface area contributed by atoms with Crippen LogP contribution >= 0.6 is 0 Å². The minimum atomic E-state index is -0.0426. The predicted molar refractivity (Wildman–Crippen MR) is 91.6 cm³/mol. The molecule has 24 heavy (non-hydrogen) atoms. The molecule has 0 fully saturated rings. The van der Waals surface area contributed by atoms with Gasteiger partial charge in [0.05, 0.1) is 6.61 Å². The molecule has 0 saturated heterocycles. The Morgan fingerprint density at radius 1 is 1.08 bits per heavy atom. The van der Waals surface area contributed by atoms with Gasteiger partial charge < -0.3 is 10.1 Å². The predicted octanol–water partition coefficient (Wildman–Crippen LogP) is 3.13. The lowest BCUT2D eigenvalue weighted by atomic mass is 10.0. The quantitative estimate of drug-likeness (QED) is 0.800. The van der Waals surface area contributed by atoms with Crippen molar-refractivity contribution in [2.45, 2.75) is 13.0 Å². The van der Waals surface area contributed by atoms with E-state index in [1.807, 2.05) is 49.4 Å². The summed E-state index contributed by atoms with van der Waals surface area (Å²) in [6.07, 6.45) is 2.13. The third-order valence-electron chi connectivity index (χ3n) is 3.94. The number of anilines is 1. The smallest absolute Gasteiger partial charge is 0.248 e. The fourth-order valence-corrected chi connectivity index (χ4v) is 2.81. The summed E-state index contributed by atoms with van der Waals surface area (Å²) in [5, 5.41) is 15.3. The second-order valence-electron chi connectivity index (χ2n) is 5.47. The number of tetrazole rings is 1. The van der Waals surface area contributed by atoms with E-state index in [-0.39, 0.29) is 6.04 Å². The highest BCUT2D eigenvalue weighted by atomic mass is 16.5. The molecule has 0 aliphatic carbocycles. The summed E-state index contributed by atoms with van der Waals surface area (Å²) in [4.78, 5) is 0. The van der Waals surface area contributed by atoms with E-state index in [4.69, 9.17) is 4.74 Å². The van der Waals surface area contributed by atoms with Gasteiger partial charge in [-0.05, 0) is 58.8 Å². The topological polar surface area (TPSA) is 64.9 Å². The Bertz CT molecular complexity index is 855. The Morgan fingerprint density at radius 3 is 2.62 bits per heavy atom. The van der Waals surface area contributed by atoms with Gasteiger partial charge in [-0.2, -0.15) is 4.68 Å². The molecule has 0 unspecified atom stereocenters. The number of hydrogen-bond acceptors (Lipinski definition) is 5. The van der Waals surface area contributed by atoms with Gasteiger partial charge in [0.25, 0.3) is 0 Å². The van der Waals surface area contributed by atoms with E-state index in [9.17, 15) is 0 Å². The van der Waals surface area contributed by atoms with E-state index in [1.54, 1.807) is 4.68 Å². The fourth-order valence-electron chi connectivity index (χ4n) is 2.81. The minimum absolute atomic E-state index is 0.0426. The number of rotatable bonds is 4. The van der Waals surface area contributed by atoms with Gasteiger partial charge in [0.2, 0.25) is 5.95 Å². The van der Waals surface area contributed by atoms with Gasteiger partial charge in [-0.1, -0.05) is 35.4 Å². The summed E-state index contributed by atoms with van der Waals surface area (Å²) in [6.45, 7) is 2.63. The number of nitrogens with one attached hydrogen (secondary N) is 1. The molecule has 0 spiro atoms. The zero-order valence-corrected chi connectivity index (χ0v) is 13.3. The average molecular weight is 319 g/mol. The highest BCUT2D eigenvalue weighted by Crippen LogP contribution is 2.31. The lowest BCUT2D eigenvalue weighted by Crippen LogP contribution is -2.20. The van der Waals surface area contributed by atoms with Crippen molar-refractivity contribution in [3.05, 3.63) is 71.8 Å². The Morgan fingerprint density at radius 2 is 1.88 bits per heavy atom. The molecule has 1 atom stereocenters. The summed E-state index contributed by atoms with van der Waals surface area (Å²) in [5.74, 6) is 1.50. The van der Waals surface area contributed by atoms with Crippen LogP contribution in [0.1, 0.15) is 24.1 Å². The summed E-state index contributed by atoms with van der Waals surface area (Å²) < 4.78 is 7.29. The van der Waals surface area contributed by atoms with Crippen LogP contribution in [-0.4, -0.2) is 26.8 Å². The van der Waals surface area contributed by atoms with E-state index in [1.165, 1.54) is 0 Å². The summed E-state index contributed by atoms with van der Waals surface area (Å²) >= 11 is 0. The largest absolute Gasteiger partial charge is 0.494 e. The van der Waals surface area contributed by atoms with Crippen LogP contribution in [-0.2, 0) is 0 Å². The first-order valence-electron chi connectivity index (χ1n) is 7.90. The zero-order valence-electron chi connectivity index (χ0n) is 13.3. The maximum absolute atomic E-state index is 5.51. The third kappa shape index (κ3) is 2.62. The average Bonchev–Trinajstić information content (AvgIpc) is 3.11. The van der Waals surface area contributed by atoms with E-state index >= 15 is 0 Å². The maximum atomic E-state index is 5.51. The van der Waals surface area contributed by atoms with Crippen LogP contribution in [0.2, 0.25) is 0 Å². The summed E-state index contributed by atoms with van der Waals surface area (Å²) in [6, 6.07) is 18.2. The first-order chi connectivity index (χ1) is 11.8. The highest BCUT2D eigenvalue weighted by Gasteiger charge is 2.24. The number of nitrogens with zero attached hydrogens (tertiary/aromatic N) is 4. The van der Waals surface area contributed by atoms with Gasteiger partial charge in [0.1, 0.15) is 11.8 Å². The van der Waals surface area contributed by atoms with Crippen molar-refractivity contribution in [2.75, 3.05) is 11.9 Å². The molecule has 1 aliphatic heterocycles. The molecule has 120 valence electrons. The fraction of sp³-hybridized carbons (Fsp3) is 0.167. The lowest BCUT2D eigenvalue weighted by molar-refractivity contribution is 0.340. The number of fused-ring (bicyclic) bond motifs is 1. The number of allylic oxidation sites excluding steroid dienone is 1. The van der Waals surface area contributed by atoms with Crippen molar-refractivity contribution in [1.82, 2.24) is 20.2 Å². The van der Waals surface area contributed by atoms with Crippen LogP contribution in [0.4, 0.5) is 5.95 Å². The number of aromatic nitrogens is 4. The molecule has 6 heteroatoms. The Labute approximate surface area is 139 Å². The number of ether oxygens (including phenoxy) is 1. The molecule has 1 aliphatic rings. The molecule has 0 bridgehead atoms. The van der Waals surface area contributed by atoms with Crippen molar-refractivity contribution in [1.29, 1.82) is 0 Å². The highest BCUT2D eigenvalue weighted by molar-refractivity contribution is 5.77. The molecule has 3 aromatic rings. The van der Waals surface area contributed by atoms with Gasteiger partial charge in [-0.25, -0.2) is 0 Å². The van der Waals surface area contributed by atoms with Crippen molar-refractivity contribution < 1.29 is 4.74 Å². The van der Waals surface area contributed by atoms with Crippen molar-refractivity contribution in [3.63, 3.8) is 0 Å². The van der Waals surface area contributed by atoms with E-state index < -0.39 is 0 Å². The monoisotopic (exact) mass is 319 g/mol. The zero-order chi connectivity index (χ0) is 16.4. The molecule has 2 aromatic carbocycles. The van der Waals surface area contributed by atoms with E-state index in [0.29, 0.717) is 12.6 Å². The van der Waals surface area contributed by atoms with Crippen LogP contribution in [0.25, 0.3) is 5.70 Å². The molecule has 1 aromatic heterocycles. The van der Waals surface area contributed by atoms with Crippen LogP contribution in [0.5, 0.6) is 5.75 Å². The molecular formula is C18H17N5O. The lowest BCUT2D eigenvalue weighted by Gasteiger charge is -2.23. The van der Waals surface area contributed by atoms with Crippen LogP contribution in [0.3, 0.4) is 0 Å². The first-order valence-corrected chi connectivity index (χ1v) is 7.90. The van der Waals surface area contributed by atoms with Crippen LogP contribution in [0.15, 0.2) is 60.7 Å². The van der Waals surface area contributed by atoms with Crippen molar-refractivity contribution in [2.24, 2.45) is 0 Å². The summed E-state index contributed by atoms with van der Waals surface area (Å²) in [7, 11) is 0. The van der Waals surface area contributed by atoms with Crippen LogP contribution in [0, 0.1) is 0 Å². The Hall–Kier alpha value is -3.15. The van der Waals surface area contributed by atoms with Gasteiger partial charge in [0, 0.05) is 5.70 Å². The van der Waals surface area contributed by atoms with Gasteiger partial charge >= 0.3 is 0 Å². The number of hydrogen-bond donors (Lipinski definition) is 1. The SMILES string of the molecule is CCOc1ccc(C2=C[C@@H](c3ccccc3)n3nnnc3N2)cc1. The molecule has 0 amide bonds. The Kier molecular flexibility index (Phi) is 3.70. The van der Waals surface area contributed by atoms with Crippen molar-refractivity contribution in [3.8, 4) is 5.75 Å². The normalized spacial score (nSPS) is 16.0. The second-order valence-corrected chi connectivity index (χ2v) is 5.47. The molecule has 0 radical (unpaired) electrons. The Balaban J connectivity index is 1.72. The van der Waals surface area contributed by atoms with Gasteiger partial charge in [-0.3, -0.25) is 0 Å². The van der Waals surface area contributed by atoms with Crippen LogP contribution < -0.4 is 10.1 Å². The number of benzene rings is 2. The summed E-state index contributed by atoms with van der Waals surface area (Å²) in [5.41, 5.74) is 3.18. The molecular weight excluding hydrogens is 302 g/mol. The van der Waals surface area contributed by atoms with Gasteiger partial charge in [-0.15, -0.1) is 0 Å². The minimum Gasteiger partial charge on any atom is -0.494 e. The molecule has 0 saturated carbocycles. The second kappa shape index (κ2) is 6.16. The molecule has 2 heterocycles. The molecule has 6 nitrogen and oxygen atoms in total. The van der Waals surface area contributed by atoms with Crippen molar-refractivity contribution >= 4 is 11.6 Å². The third-order valence-corrected chi connectivity index (χ3v) is 3.94.